The second kappa shape index (κ2) is 10.6. The first-order chi connectivity index (χ1) is 13.1. The van der Waals surface area contributed by atoms with Gasteiger partial charge in [-0.3, -0.25) is 9.59 Å². The van der Waals surface area contributed by atoms with E-state index in [1.54, 1.807) is 55.6 Å². The zero-order valence-electron chi connectivity index (χ0n) is 15.4. The maximum Gasteiger partial charge on any atom is 0.329 e. The van der Waals surface area contributed by atoms with Crippen LogP contribution in [0.1, 0.15) is 25.3 Å². The van der Waals surface area contributed by atoms with Gasteiger partial charge in [-0.25, -0.2) is 5.43 Å². The number of hydrazone groups is 1. The summed E-state index contributed by atoms with van der Waals surface area (Å²) in [5.74, 6) is -0.225. The van der Waals surface area contributed by atoms with Crippen LogP contribution < -0.4 is 20.2 Å². The summed E-state index contributed by atoms with van der Waals surface area (Å²) in [6, 6.07) is 13.9. The van der Waals surface area contributed by atoms with E-state index in [-0.39, 0.29) is 0 Å². The standard InChI is InChI=1S/C20H23N3O4/c1-3-4-13-27-18-11-7-16(8-12-18)22-19(24)20(25)23-21-14-15-5-9-17(26-2)10-6-15/h5-12,14H,3-4,13H2,1-2H3,(H,22,24)(H,23,25)/b21-14-. The Kier molecular flexibility index (Phi) is 7.84. The molecule has 0 heterocycles. The highest BCUT2D eigenvalue weighted by molar-refractivity contribution is 6.39. The molecular formula is C20H23N3O4. The van der Waals surface area contributed by atoms with E-state index in [2.05, 4.69) is 22.8 Å². The van der Waals surface area contributed by atoms with E-state index < -0.39 is 11.8 Å². The maximum absolute atomic E-state index is 11.9. The fourth-order valence-corrected chi connectivity index (χ4v) is 2.06. The van der Waals surface area contributed by atoms with Crippen molar-refractivity contribution in [1.29, 1.82) is 0 Å². The lowest BCUT2D eigenvalue weighted by molar-refractivity contribution is -0.136. The number of unbranched alkanes of at least 4 members (excludes halogenated alkanes) is 1. The summed E-state index contributed by atoms with van der Waals surface area (Å²) >= 11 is 0. The van der Waals surface area contributed by atoms with Gasteiger partial charge in [-0.05, 0) is 60.5 Å². The summed E-state index contributed by atoms with van der Waals surface area (Å²) in [4.78, 5) is 23.7. The Labute approximate surface area is 158 Å². The second-order valence-corrected chi connectivity index (χ2v) is 5.65. The number of nitrogens with zero attached hydrogens (tertiary/aromatic N) is 1. The number of methoxy groups -OCH3 is 1. The molecule has 2 rings (SSSR count). The molecular weight excluding hydrogens is 346 g/mol. The molecule has 0 aliphatic heterocycles. The number of hydrogen-bond acceptors (Lipinski definition) is 5. The Bertz CT molecular complexity index is 771. The molecule has 0 spiro atoms. The predicted molar refractivity (Wildman–Crippen MR) is 104 cm³/mol. The lowest BCUT2D eigenvalue weighted by atomic mass is 10.2. The zero-order valence-corrected chi connectivity index (χ0v) is 15.4. The molecule has 0 aliphatic rings. The molecule has 0 atom stereocenters. The van der Waals surface area contributed by atoms with Crippen LogP contribution in [0.15, 0.2) is 53.6 Å². The van der Waals surface area contributed by atoms with Crippen molar-refractivity contribution in [2.45, 2.75) is 19.8 Å². The number of carbonyl (C=O) groups excluding carboxylic acids is 2. The van der Waals surface area contributed by atoms with E-state index in [0.29, 0.717) is 12.3 Å². The third kappa shape index (κ3) is 6.81. The molecule has 0 unspecified atom stereocenters. The van der Waals surface area contributed by atoms with Gasteiger partial charge in [0.2, 0.25) is 0 Å². The van der Waals surface area contributed by atoms with Crippen molar-refractivity contribution < 1.29 is 19.1 Å². The molecule has 2 N–H and O–H groups in total. The number of benzene rings is 2. The number of hydrogen-bond donors (Lipinski definition) is 2. The van der Waals surface area contributed by atoms with Crippen molar-refractivity contribution in [2.75, 3.05) is 19.0 Å². The van der Waals surface area contributed by atoms with Crippen LogP contribution in [0.4, 0.5) is 5.69 Å². The summed E-state index contributed by atoms with van der Waals surface area (Å²) in [7, 11) is 1.58. The molecule has 2 amide bonds. The number of amides is 2. The molecule has 0 bridgehead atoms. The van der Waals surface area contributed by atoms with Crippen molar-refractivity contribution in [3.63, 3.8) is 0 Å². The van der Waals surface area contributed by atoms with Crippen LogP contribution in [0, 0.1) is 0 Å². The summed E-state index contributed by atoms with van der Waals surface area (Å²) in [6.45, 7) is 2.74. The summed E-state index contributed by atoms with van der Waals surface area (Å²) in [5, 5.41) is 6.27. The topological polar surface area (TPSA) is 89.0 Å². The van der Waals surface area contributed by atoms with Crippen LogP contribution in [0.3, 0.4) is 0 Å². The third-order valence-electron chi connectivity index (χ3n) is 3.58. The zero-order chi connectivity index (χ0) is 19.5. The number of rotatable bonds is 8. The molecule has 0 saturated heterocycles. The van der Waals surface area contributed by atoms with Gasteiger partial charge in [0.1, 0.15) is 11.5 Å². The van der Waals surface area contributed by atoms with E-state index >= 15 is 0 Å². The molecule has 0 aliphatic carbocycles. The molecule has 27 heavy (non-hydrogen) atoms. The van der Waals surface area contributed by atoms with Crippen LogP contribution in [0.2, 0.25) is 0 Å². The minimum Gasteiger partial charge on any atom is -0.497 e. The highest BCUT2D eigenvalue weighted by Gasteiger charge is 2.12. The van der Waals surface area contributed by atoms with Gasteiger partial charge in [-0.15, -0.1) is 0 Å². The van der Waals surface area contributed by atoms with Crippen LogP contribution >= 0.6 is 0 Å². The van der Waals surface area contributed by atoms with Gasteiger partial charge in [0, 0.05) is 5.69 Å². The molecule has 142 valence electrons. The number of anilines is 1. The van der Waals surface area contributed by atoms with Crippen LogP contribution in [0.25, 0.3) is 0 Å². The lowest BCUT2D eigenvalue weighted by Gasteiger charge is -2.07. The van der Waals surface area contributed by atoms with Crippen LogP contribution in [-0.2, 0) is 9.59 Å². The second-order valence-electron chi connectivity index (χ2n) is 5.65. The molecule has 0 radical (unpaired) electrons. The Morgan fingerprint density at radius 2 is 1.67 bits per heavy atom. The largest absolute Gasteiger partial charge is 0.497 e. The minimum absolute atomic E-state index is 0.497. The smallest absolute Gasteiger partial charge is 0.329 e. The SMILES string of the molecule is CCCCOc1ccc(NC(=O)C(=O)N/N=C\c2ccc(OC)cc2)cc1. The van der Waals surface area contributed by atoms with Crippen molar-refractivity contribution in [1.82, 2.24) is 5.43 Å². The Morgan fingerprint density at radius 1 is 1.00 bits per heavy atom. The first kappa shape index (κ1) is 20.0. The van der Waals surface area contributed by atoms with Gasteiger partial charge in [-0.1, -0.05) is 13.3 Å². The summed E-state index contributed by atoms with van der Waals surface area (Å²) < 4.78 is 10.6. The van der Waals surface area contributed by atoms with Crippen LogP contribution in [0.5, 0.6) is 11.5 Å². The first-order valence-corrected chi connectivity index (χ1v) is 8.63. The van der Waals surface area contributed by atoms with E-state index in [4.69, 9.17) is 9.47 Å². The minimum atomic E-state index is -0.858. The molecule has 2 aromatic rings. The molecule has 0 saturated carbocycles. The van der Waals surface area contributed by atoms with Gasteiger partial charge >= 0.3 is 11.8 Å². The molecule has 0 fully saturated rings. The Balaban J connectivity index is 1.80. The fourth-order valence-electron chi connectivity index (χ4n) is 2.06. The first-order valence-electron chi connectivity index (χ1n) is 8.63. The van der Waals surface area contributed by atoms with Gasteiger partial charge in [-0.2, -0.15) is 5.10 Å². The normalized spacial score (nSPS) is 10.4. The quantitative estimate of drug-likeness (QED) is 0.324. The van der Waals surface area contributed by atoms with Gasteiger partial charge in [0.15, 0.2) is 0 Å². The average molecular weight is 369 g/mol. The number of carbonyl (C=O) groups is 2. The lowest BCUT2D eigenvalue weighted by Crippen LogP contribution is -2.32. The van der Waals surface area contributed by atoms with Crippen molar-refractivity contribution in [3.05, 3.63) is 54.1 Å². The number of ether oxygens (including phenoxy) is 2. The van der Waals surface area contributed by atoms with Crippen molar-refractivity contribution in [2.24, 2.45) is 5.10 Å². The molecule has 7 nitrogen and oxygen atoms in total. The molecule has 7 heteroatoms. The monoisotopic (exact) mass is 369 g/mol. The van der Waals surface area contributed by atoms with E-state index in [1.165, 1.54) is 6.21 Å². The maximum atomic E-state index is 11.9. The van der Waals surface area contributed by atoms with Crippen molar-refractivity contribution in [3.8, 4) is 11.5 Å². The highest BCUT2D eigenvalue weighted by atomic mass is 16.5. The predicted octanol–water partition coefficient (Wildman–Crippen LogP) is 2.96. The van der Waals surface area contributed by atoms with E-state index in [9.17, 15) is 9.59 Å². The highest BCUT2D eigenvalue weighted by Crippen LogP contribution is 2.16. The third-order valence-corrected chi connectivity index (χ3v) is 3.58. The van der Waals surface area contributed by atoms with Crippen molar-refractivity contribution >= 4 is 23.7 Å². The van der Waals surface area contributed by atoms with E-state index in [1.807, 2.05) is 0 Å². The molecule has 0 aromatic heterocycles. The average Bonchev–Trinajstić information content (AvgIpc) is 2.70. The van der Waals surface area contributed by atoms with Crippen LogP contribution in [-0.4, -0.2) is 31.7 Å². The summed E-state index contributed by atoms with van der Waals surface area (Å²) in [6.07, 6.45) is 3.48. The fraction of sp³-hybridized carbons (Fsp3) is 0.250. The molecule has 2 aromatic carbocycles. The van der Waals surface area contributed by atoms with Gasteiger partial charge in [0.05, 0.1) is 19.9 Å². The van der Waals surface area contributed by atoms with E-state index in [0.717, 1.165) is 29.9 Å². The van der Waals surface area contributed by atoms with Gasteiger partial charge < -0.3 is 14.8 Å². The number of nitrogens with one attached hydrogen (secondary N) is 2. The Hall–Kier alpha value is -3.35. The van der Waals surface area contributed by atoms with Gasteiger partial charge in [0.25, 0.3) is 0 Å². The summed E-state index contributed by atoms with van der Waals surface area (Å²) in [5.41, 5.74) is 3.44. The Morgan fingerprint density at radius 3 is 2.30 bits per heavy atom.